The normalized spacial score (nSPS) is 25.0. The average Bonchev–Trinajstić information content (AvgIpc) is 2.65. The van der Waals surface area contributed by atoms with Crippen molar-refractivity contribution >= 4 is 5.97 Å². The second-order valence-electron chi connectivity index (χ2n) is 8.35. The van der Waals surface area contributed by atoms with Crippen LogP contribution in [0.15, 0.2) is 58.7 Å². The summed E-state index contributed by atoms with van der Waals surface area (Å²) in [4.78, 5) is 12.0. The van der Waals surface area contributed by atoms with E-state index < -0.39 is 0 Å². The molecule has 28 heavy (non-hydrogen) atoms. The van der Waals surface area contributed by atoms with E-state index >= 15 is 0 Å². The molecule has 156 valence electrons. The minimum absolute atomic E-state index is 0.187. The van der Waals surface area contributed by atoms with Gasteiger partial charge < -0.3 is 4.74 Å². The summed E-state index contributed by atoms with van der Waals surface area (Å²) in [5.74, 6) is 0.362. The third-order valence-corrected chi connectivity index (χ3v) is 5.52. The first-order chi connectivity index (χ1) is 13.3. The molecule has 1 aliphatic carbocycles. The van der Waals surface area contributed by atoms with Gasteiger partial charge in [-0.2, -0.15) is 0 Å². The van der Waals surface area contributed by atoms with Gasteiger partial charge in [0.1, 0.15) is 0 Å². The summed E-state index contributed by atoms with van der Waals surface area (Å²) in [6, 6.07) is 0. The van der Waals surface area contributed by atoms with Gasteiger partial charge in [0.2, 0.25) is 0 Å². The van der Waals surface area contributed by atoms with Gasteiger partial charge in [-0.3, -0.25) is 0 Å². The van der Waals surface area contributed by atoms with Crippen molar-refractivity contribution in [1.82, 2.24) is 0 Å². The van der Waals surface area contributed by atoms with Gasteiger partial charge >= 0.3 is 5.97 Å². The zero-order valence-corrected chi connectivity index (χ0v) is 18.8. The molecule has 1 rings (SSSR count). The van der Waals surface area contributed by atoms with E-state index in [0.717, 1.165) is 63.4 Å². The van der Waals surface area contributed by atoms with E-state index in [0.29, 0.717) is 5.92 Å². The van der Waals surface area contributed by atoms with Crippen molar-refractivity contribution in [2.45, 2.75) is 85.5 Å². The van der Waals surface area contributed by atoms with Gasteiger partial charge in [-0.15, -0.1) is 0 Å². The molecule has 2 heteroatoms. The predicted octanol–water partition coefficient (Wildman–Crippen LogP) is 7.64. The number of allylic oxidation sites excluding steroid dienone is 8. The van der Waals surface area contributed by atoms with Gasteiger partial charge in [-0.05, 0) is 91.4 Å². The largest absolute Gasteiger partial charge is 0.466 e. The van der Waals surface area contributed by atoms with Crippen LogP contribution in [0.4, 0.5) is 0 Å². The highest BCUT2D eigenvalue weighted by molar-refractivity contribution is 5.88. The van der Waals surface area contributed by atoms with Gasteiger partial charge in [0.05, 0.1) is 7.11 Å². The third kappa shape index (κ3) is 9.92. The van der Waals surface area contributed by atoms with E-state index in [-0.39, 0.29) is 5.97 Å². The van der Waals surface area contributed by atoms with Crippen molar-refractivity contribution in [2.24, 2.45) is 5.92 Å². The summed E-state index contributed by atoms with van der Waals surface area (Å²) in [6.07, 6.45) is 18.1. The number of methoxy groups -OCH3 is 1. The zero-order valence-electron chi connectivity index (χ0n) is 18.8. The Hall–Kier alpha value is -1.83. The Morgan fingerprint density at radius 3 is 2.46 bits per heavy atom. The van der Waals surface area contributed by atoms with Crippen LogP contribution in [0, 0.1) is 5.92 Å². The van der Waals surface area contributed by atoms with Crippen molar-refractivity contribution in [3.8, 4) is 0 Å². The van der Waals surface area contributed by atoms with Gasteiger partial charge in [-0.1, -0.05) is 53.2 Å². The molecular formula is C26H40O2. The number of esters is 1. The zero-order chi connectivity index (χ0) is 20.9. The minimum Gasteiger partial charge on any atom is -0.466 e. The van der Waals surface area contributed by atoms with E-state index in [1.54, 1.807) is 0 Å². The smallest absolute Gasteiger partial charge is 0.333 e. The first-order valence-corrected chi connectivity index (χ1v) is 10.7. The fourth-order valence-corrected chi connectivity index (χ4v) is 3.56. The molecule has 0 bridgehead atoms. The summed E-state index contributed by atoms with van der Waals surface area (Å²) < 4.78 is 4.94. The van der Waals surface area contributed by atoms with Crippen molar-refractivity contribution < 1.29 is 9.53 Å². The number of carbonyl (C=O) groups is 1. The highest BCUT2D eigenvalue weighted by Gasteiger charge is 2.13. The molecule has 0 aromatic carbocycles. The van der Waals surface area contributed by atoms with Crippen LogP contribution in [0.2, 0.25) is 0 Å². The van der Waals surface area contributed by atoms with Gasteiger partial charge in [-0.25, -0.2) is 4.79 Å². The molecule has 0 aromatic rings. The van der Waals surface area contributed by atoms with Crippen LogP contribution >= 0.6 is 0 Å². The third-order valence-electron chi connectivity index (χ3n) is 5.52. The van der Waals surface area contributed by atoms with E-state index in [1.807, 2.05) is 0 Å². The average molecular weight is 385 g/mol. The maximum atomic E-state index is 12.0. The fraction of sp³-hybridized carbons (Fsp3) is 0.577. The molecule has 2 nitrogen and oxygen atoms in total. The summed E-state index contributed by atoms with van der Waals surface area (Å²) in [7, 11) is 1.46. The Kier molecular flexibility index (Phi) is 11.6. The minimum atomic E-state index is -0.187. The lowest BCUT2D eigenvalue weighted by molar-refractivity contribution is -0.136. The van der Waals surface area contributed by atoms with E-state index in [9.17, 15) is 4.79 Å². The van der Waals surface area contributed by atoms with Crippen LogP contribution < -0.4 is 0 Å². The predicted molar refractivity (Wildman–Crippen MR) is 121 cm³/mol. The van der Waals surface area contributed by atoms with Crippen LogP contribution in [-0.2, 0) is 9.53 Å². The van der Waals surface area contributed by atoms with Crippen LogP contribution in [0.3, 0.4) is 0 Å². The summed E-state index contributed by atoms with van der Waals surface area (Å²) in [5.41, 5.74) is 6.37. The second kappa shape index (κ2) is 13.4. The molecule has 0 fully saturated rings. The molecule has 0 aliphatic heterocycles. The molecule has 0 spiro atoms. The van der Waals surface area contributed by atoms with Gasteiger partial charge in [0.25, 0.3) is 0 Å². The number of hydrogen-bond donors (Lipinski definition) is 0. The standard InChI is InChI=1S/C26H40O2/c1-20(2)10-7-13-23(5)24-18-16-21(3)11-8-14-25(26(27)28-6)15-9-12-22(4)17-19-24/h10-11,15,17,24H,5,7-9,12-14,16,18-19H2,1-4,6H3/b21-11+,22-17+,25-15-/t24-/m1/s1. The molecular weight excluding hydrogens is 344 g/mol. The topological polar surface area (TPSA) is 26.3 Å². The Labute approximate surface area is 173 Å². The van der Waals surface area contributed by atoms with E-state index in [4.69, 9.17) is 4.74 Å². The van der Waals surface area contributed by atoms with Crippen LogP contribution in [0.25, 0.3) is 0 Å². The molecule has 0 saturated carbocycles. The van der Waals surface area contributed by atoms with Crippen LogP contribution in [-0.4, -0.2) is 13.1 Å². The van der Waals surface area contributed by atoms with E-state index in [2.05, 4.69) is 58.6 Å². The number of ether oxygens (including phenoxy) is 1. The van der Waals surface area contributed by atoms with Crippen molar-refractivity contribution in [2.75, 3.05) is 7.11 Å². The molecule has 1 aliphatic rings. The van der Waals surface area contributed by atoms with Crippen molar-refractivity contribution in [3.05, 3.63) is 58.7 Å². The monoisotopic (exact) mass is 384 g/mol. The molecule has 0 radical (unpaired) electrons. The highest BCUT2D eigenvalue weighted by Crippen LogP contribution is 2.28. The second-order valence-corrected chi connectivity index (χ2v) is 8.35. The molecule has 0 unspecified atom stereocenters. The Bertz CT molecular complexity index is 639. The SMILES string of the molecule is C=C(CCC=C(C)C)[C@H]1C/C=C(\C)CC/C=C(\C(=O)OC)CC/C=C(\C)CC1. The highest BCUT2D eigenvalue weighted by atomic mass is 16.5. The molecule has 0 saturated heterocycles. The lowest BCUT2D eigenvalue weighted by atomic mass is 9.86. The lowest BCUT2D eigenvalue weighted by Gasteiger charge is -2.19. The molecule has 0 N–H and O–H groups in total. The van der Waals surface area contributed by atoms with E-state index in [1.165, 1.54) is 29.4 Å². The first kappa shape index (κ1) is 24.2. The maximum Gasteiger partial charge on any atom is 0.333 e. The Morgan fingerprint density at radius 1 is 1.11 bits per heavy atom. The van der Waals surface area contributed by atoms with Gasteiger partial charge in [0.15, 0.2) is 0 Å². The Morgan fingerprint density at radius 2 is 1.79 bits per heavy atom. The fourth-order valence-electron chi connectivity index (χ4n) is 3.56. The summed E-state index contributed by atoms with van der Waals surface area (Å²) in [6.45, 7) is 13.1. The maximum absolute atomic E-state index is 12.0. The number of rotatable bonds is 5. The lowest BCUT2D eigenvalue weighted by Crippen LogP contribution is -2.06. The molecule has 0 aromatic heterocycles. The molecule has 1 atom stereocenters. The van der Waals surface area contributed by atoms with Crippen molar-refractivity contribution in [3.63, 3.8) is 0 Å². The first-order valence-electron chi connectivity index (χ1n) is 10.7. The van der Waals surface area contributed by atoms with Gasteiger partial charge in [0, 0.05) is 5.57 Å². The number of carbonyl (C=O) groups excluding carboxylic acids is 1. The van der Waals surface area contributed by atoms with Crippen LogP contribution in [0.5, 0.6) is 0 Å². The van der Waals surface area contributed by atoms with Crippen molar-refractivity contribution in [1.29, 1.82) is 0 Å². The Balaban J connectivity index is 2.87. The van der Waals surface area contributed by atoms with Crippen LogP contribution in [0.1, 0.15) is 85.5 Å². The molecule has 0 amide bonds. The summed E-state index contributed by atoms with van der Waals surface area (Å²) in [5, 5.41) is 0. The molecule has 0 heterocycles. The summed E-state index contributed by atoms with van der Waals surface area (Å²) >= 11 is 0. The quantitative estimate of drug-likeness (QED) is 0.359. The number of hydrogen-bond acceptors (Lipinski definition) is 2.